The maximum absolute atomic E-state index is 13.1. The van der Waals surface area contributed by atoms with E-state index < -0.39 is 147 Å². The number of rotatable bonds is 3. The van der Waals surface area contributed by atoms with Crippen LogP contribution < -0.4 is 5.73 Å². The number of cyclic esters (lactones) is 1. The predicted molar refractivity (Wildman–Crippen MR) is 241 cm³/mol. The molecule has 3 rings (SSSR count). The average Bonchev–Trinajstić information content (AvgIpc) is 3.24. The Morgan fingerprint density at radius 2 is 1.24 bits per heavy atom. The van der Waals surface area contributed by atoms with Gasteiger partial charge in [-0.2, -0.15) is 0 Å². The van der Waals surface area contributed by atoms with Crippen molar-refractivity contribution in [2.24, 2.45) is 23.5 Å². The van der Waals surface area contributed by atoms with Crippen LogP contribution in [0.3, 0.4) is 0 Å². The number of carbonyl (C=O) groups excluding carboxylic acids is 2. The van der Waals surface area contributed by atoms with Crippen molar-refractivity contribution in [3.63, 3.8) is 0 Å². The molecule has 3 aliphatic heterocycles. The van der Waals surface area contributed by atoms with E-state index in [2.05, 4.69) is 0 Å². The number of ether oxygens (including phenoxy) is 5. The van der Waals surface area contributed by atoms with E-state index in [0.717, 1.165) is 7.11 Å². The smallest absolute Gasteiger partial charge is 0.313 e. The maximum Gasteiger partial charge on any atom is 0.313 e. The number of aliphatic hydroxyl groups excluding tert-OH is 9. The Morgan fingerprint density at radius 1 is 0.667 bits per heavy atom. The largest absolute Gasteiger partial charge is 0.469 e. The Balaban J connectivity index is 1.88. The molecule has 374 valence electrons. The van der Waals surface area contributed by atoms with Crippen molar-refractivity contribution in [1.82, 2.24) is 0 Å². The summed E-state index contributed by atoms with van der Waals surface area (Å²) in [5, 5.41) is 109. The minimum atomic E-state index is -2.27. The third kappa shape index (κ3) is 18.6. The minimum Gasteiger partial charge on any atom is -0.469 e. The quantitative estimate of drug-likeness (QED) is 0.174. The first-order valence-electron chi connectivity index (χ1n) is 22.7. The molecule has 3 heterocycles. The van der Waals surface area contributed by atoms with Crippen molar-refractivity contribution in [3.05, 3.63) is 85.1 Å². The molecule has 0 saturated carbocycles. The molecule has 3 aliphatic rings. The summed E-state index contributed by atoms with van der Waals surface area (Å²) in [7, 11) is 1.12. The first kappa shape index (κ1) is 56.9. The molecule has 18 nitrogen and oxygen atoms in total. The molecule has 0 unspecified atom stereocenters. The van der Waals surface area contributed by atoms with Crippen LogP contribution in [-0.4, -0.2) is 168 Å². The third-order valence-electron chi connectivity index (χ3n) is 12.2. The van der Waals surface area contributed by atoms with Crippen molar-refractivity contribution in [3.8, 4) is 0 Å². The molecule has 2 bridgehead atoms. The lowest BCUT2D eigenvalue weighted by molar-refractivity contribution is -0.308. The summed E-state index contributed by atoms with van der Waals surface area (Å²) >= 11 is 0. The number of methoxy groups -OCH3 is 1. The minimum absolute atomic E-state index is 0.0949. The van der Waals surface area contributed by atoms with Gasteiger partial charge in [-0.05, 0) is 33.1 Å². The Bertz CT molecular complexity index is 1680. The van der Waals surface area contributed by atoms with E-state index in [1.54, 1.807) is 75.5 Å². The molecule has 12 N–H and O–H groups in total. The lowest BCUT2D eigenvalue weighted by Crippen LogP contribution is -2.61. The topological polar surface area (TPSA) is 309 Å². The summed E-state index contributed by atoms with van der Waals surface area (Å²) < 4.78 is 28.4. The zero-order valence-corrected chi connectivity index (χ0v) is 38.5. The fourth-order valence-corrected chi connectivity index (χ4v) is 8.09. The number of fused-ring (bicyclic) bond motifs is 2. The second-order valence-electron chi connectivity index (χ2n) is 17.8. The highest BCUT2D eigenvalue weighted by atomic mass is 16.7. The predicted octanol–water partition coefficient (Wildman–Crippen LogP) is 0.800. The SMILES string of the molecule is COC(=O)[C@@H]1[C@H](O)C[C@@]2(O)C[C@H](O)C[C@H](O)[C@H](O)CC[C@H](O)C[C@H](O)CC(=O)O[C@H](C)[C@H](C)[C@H](O)[C@H](C)C=CC=CC=CC=CC=CC=CC=C[C@H](O[C@@H]3O[C@H](C)[C@H](O)[C@H](N)[C@@H]3O)C[C@H]1O2. The summed E-state index contributed by atoms with van der Waals surface area (Å²) in [5.74, 6) is -5.93. The lowest BCUT2D eigenvalue weighted by atomic mass is 9.82. The number of nitrogens with two attached hydrogens (primary N) is 1. The Morgan fingerprint density at radius 3 is 1.83 bits per heavy atom. The lowest BCUT2D eigenvalue weighted by Gasteiger charge is -2.45. The first-order valence-corrected chi connectivity index (χ1v) is 22.7. The average molecular weight is 938 g/mol. The van der Waals surface area contributed by atoms with Crippen LogP contribution in [0.4, 0.5) is 0 Å². The van der Waals surface area contributed by atoms with Crippen LogP contribution >= 0.6 is 0 Å². The summed E-state index contributed by atoms with van der Waals surface area (Å²) in [6, 6.07) is -1.13. The van der Waals surface area contributed by atoms with Gasteiger partial charge in [-0.25, -0.2) is 0 Å². The van der Waals surface area contributed by atoms with Crippen LogP contribution in [0.25, 0.3) is 0 Å². The standard InChI is InChI=1S/C48H75NO17/c1-28-18-16-14-12-10-8-6-7-9-11-13-15-17-19-35(65-47-45(59)42(49)44(58)31(4)64-47)25-39-41(46(60)62-5)38(55)27-48(61,66-39)26-34(52)23-37(54)36(53)21-20-32(50)22-33(51)24-40(56)63-30(3)29(2)43(28)57/h6-19,28-39,41-45,47,50-55,57-59,61H,20-27,49H2,1-5H3/t28-,29+,30-,31-,32+,33+,34-,35+,36-,37+,38-,39-,41-,42+,43-,44+,45+,47+,48-/m1/s1. The van der Waals surface area contributed by atoms with Gasteiger partial charge in [0.25, 0.3) is 0 Å². The molecule has 0 aromatic heterocycles. The number of carbonyl (C=O) groups is 2. The molecule has 18 heteroatoms. The second-order valence-corrected chi connectivity index (χ2v) is 17.8. The molecule has 0 amide bonds. The van der Waals surface area contributed by atoms with Gasteiger partial charge in [-0.15, -0.1) is 0 Å². The number of aliphatic hydroxyl groups is 10. The molecule has 2 saturated heterocycles. The highest BCUT2D eigenvalue weighted by molar-refractivity contribution is 5.74. The fourth-order valence-electron chi connectivity index (χ4n) is 8.09. The monoisotopic (exact) mass is 938 g/mol. The zero-order chi connectivity index (χ0) is 49.1. The van der Waals surface area contributed by atoms with Gasteiger partial charge in [0.2, 0.25) is 0 Å². The highest BCUT2D eigenvalue weighted by Crippen LogP contribution is 2.38. The van der Waals surface area contributed by atoms with E-state index in [4.69, 9.17) is 29.4 Å². The van der Waals surface area contributed by atoms with Crippen molar-refractivity contribution in [2.45, 2.75) is 177 Å². The van der Waals surface area contributed by atoms with Crippen molar-refractivity contribution < 1.29 is 84.3 Å². The van der Waals surface area contributed by atoms with Gasteiger partial charge >= 0.3 is 11.9 Å². The summed E-state index contributed by atoms with van der Waals surface area (Å²) in [5.41, 5.74) is 6.05. The van der Waals surface area contributed by atoms with Gasteiger partial charge in [0, 0.05) is 37.5 Å². The molecule has 0 aromatic carbocycles. The van der Waals surface area contributed by atoms with E-state index in [0.29, 0.717) is 0 Å². The van der Waals surface area contributed by atoms with E-state index in [9.17, 15) is 60.7 Å². The van der Waals surface area contributed by atoms with Crippen LogP contribution in [0, 0.1) is 17.8 Å². The second kappa shape index (κ2) is 28.1. The normalized spacial score (nSPS) is 41.5. The van der Waals surface area contributed by atoms with Crippen molar-refractivity contribution in [2.75, 3.05) is 7.11 Å². The zero-order valence-electron chi connectivity index (χ0n) is 38.5. The van der Waals surface area contributed by atoms with E-state index in [1.165, 1.54) is 0 Å². The van der Waals surface area contributed by atoms with Crippen LogP contribution in [0.15, 0.2) is 85.1 Å². The van der Waals surface area contributed by atoms with E-state index >= 15 is 0 Å². The van der Waals surface area contributed by atoms with Gasteiger partial charge < -0.3 is 80.5 Å². The van der Waals surface area contributed by atoms with Gasteiger partial charge in [0.05, 0.1) is 86.7 Å². The molecule has 0 radical (unpaired) electrons. The summed E-state index contributed by atoms with van der Waals surface area (Å²) in [6.45, 7) is 6.78. The summed E-state index contributed by atoms with van der Waals surface area (Å²) in [6.07, 6.45) is 4.50. The van der Waals surface area contributed by atoms with E-state index in [-0.39, 0.29) is 31.6 Å². The number of hydrogen-bond donors (Lipinski definition) is 11. The van der Waals surface area contributed by atoms with Gasteiger partial charge in [0.15, 0.2) is 12.1 Å². The maximum atomic E-state index is 13.1. The molecule has 19 atom stereocenters. The summed E-state index contributed by atoms with van der Waals surface area (Å²) in [4.78, 5) is 25.7. The molecule has 0 aromatic rings. The van der Waals surface area contributed by atoms with Crippen molar-refractivity contribution in [1.29, 1.82) is 0 Å². The fraction of sp³-hybridized carbons (Fsp3) is 0.667. The molecule has 66 heavy (non-hydrogen) atoms. The van der Waals surface area contributed by atoms with Crippen LogP contribution in [0.1, 0.15) is 79.1 Å². The number of hydrogen-bond acceptors (Lipinski definition) is 18. The third-order valence-corrected chi connectivity index (χ3v) is 12.2. The highest BCUT2D eigenvalue weighted by Gasteiger charge is 2.51. The van der Waals surface area contributed by atoms with Crippen LogP contribution in [-0.2, 0) is 33.3 Å². The molecular weight excluding hydrogens is 863 g/mol. The first-order chi connectivity index (χ1) is 31.2. The van der Waals surface area contributed by atoms with E-state index in [1.807, 2.05) is 37.3 Å². The Labute approximate surface area is 387 Å². The molecule has 2 fully saturated rings. The molecule has 0 aliphatic carbocycles. The Hall–Kier alpha value is -3.44. The van der Waals surface area contributed by atoms with Crippen LogP contribution in [0.2, 0.25) is 0 Å². The van der Waals surface area contributed by atoms with Gasteiger partial charge in [-0.1, -0.05) is 98.9 Å². The number of esters is 2. The Kier molecular flexibility index (Phi) is 24.3. The van der Waals surface area contributed by atoms with Gasteiger partial charge in [-0.3, -0.25) is 9.59 Å². The number of allylic oxidation sites excluding steroid dienone is 12. The van der Waals surface area contributed by atoms with Crippen LogP contribution in [0.5, 0.6) is 0 Å². The van der Waals surface area contributed by atoms with Gasteiger partial charge in [0.1, 0.15) is 18.1 Å². The molecule has 0 spiro atoms. The van der Waals surface area contributed by atoms with Crippen molar-refractivity contribution >= 4 is 11.9 Å². The molecular formula is C48H75NO17.